The molecule has 0 aliphatic rings. The molecule has 0 N–H and O–H groups in total. The molecule has 4 rings (SSSR count). The summed E-state index contributed by atoms with van der Waals surface area (Å²) in [7, 11) is -1.55. The van der Waals surface area contributed by atoms with E-state index in [1.54, 1.807) is 6.20 Å². The molecular formula is C20H19IrN2OSi-. The zero-order valence-corrected chi connectivity index (χ0v) is 18.1. The topological polar surface area (TPSA) is 38.9 Å². The molecule has 0 atom stereocenters. The first-order valence-corrected chi connectivity index (χ1v) is 11.6. The van der Waals surface area contributed by atoms with Crippen LogP contribution in [0.15, 0.2) is 47.3 Å². The number of aryl methyl sites for hydroxylation is 1. The fourth-order valence-electron chi connectivity index (χ4n) is 3.19. The minimum atomic E-state index is -1.55. The summed E-state index contributed by atoms with van der Waals surface area (Å²) < 4.78 is 6.22. The summed E-state index contributed by atoms with van der Waals surface area (Å²) in [5.74, 6) is 0. The van der Waals surface area contributed by atoms with Gasteiger partial charge in [0, 0.05) is 46.0 Å². The maximum Gasteiger partial charge on any atom is 0.139 e. The fourth-order valence-corrected chi connectivity index (χ4v) is 4.69. The molecule has 4 aromatic rings. The Balaban J connectivity index is 0.00000182. The zero-order chi connectivity index (χ0) is 16.9. The SMILES string of the molecule is Cc1cccnc1-c1[c-]cc([Si](C)(C)C)c2c1oc1cnccc12.[Ir]. The van der Waals surface area contributed by atoms with Crippen molar-refractivity contribution in [1.82, 2.24) is 9.97 Å². The molecule has 0 spiro atoms. The number of aromatic nitrogens is 2. The van der Waals surface area contributed by atoms with Crippen molar-refractivity contribution in [2.75, 3.05) is 0 Å². The molecule has 1 aromatic carbocycles. The van der Waals surface area contributed by atoms with Crippen molar-refractivity contribution in [3.8, 4) is 11.3 Å². The molecule has 3 heterocycles. The first-order valence-electron chi connectivity index (χ1n) is 8.10. The first-order chi connectivity index (χ1) is 11.5. The monoisotopic (exact) mass is 524 g/mol. The summed E-state index contributed by atoms with van der Waals surface area (Å²) in [6.45, 7) is 9.11. The Morgan fingerprint density at radius 1 is 1.12 bits per heavy atom. The van der Waals surface area contributed by atoms with Gasteiger partial charge in [-0.25, -0.2) is 0 Å². The van der Waals surface area contributed by atoms with Crippen LogP contribution in [0.5, 0.6) is 0 Å². The van der Waals surface area contributed by atoms with Gasteiger partial charge in [0.05, 0.1) is 11.8 Å². The third kappa shape index (κ3) is 2.97. The number of fused-ring (bicyclic) bond motifs is 3. The molecule has 1 radical (unpaired) electrons. The van der Waals surface area contributed by atoms with E-state index in [0.29, 0.717) is 0 Å². The fraction of sp³-hybridized carbons (Fsp3) is 0.200. The number of hydrogen-bond donors (Lipinski definition) is 0. The van der Waals surface area contributed by atoms with Crippen LogP contribution in [0, 0.1) is 13.0 Å². The second kappa shape index (κ2) is 6.49. The second-order valence-corrected chi connectivity index (χ2v) is 12.2. The Labute approximate surface area is 161 Å². The minimum Gasteiger partial charge on any atom is -0.499 e. The van der Waals surface area contributed by atoms with Gasteiger partial charge >= 0.3 is 0 Å². The van der Waals surface area contributed by atoms with Crippen molar-refractivity contribution in [2.24, 2.45) is 0 Å². The number of furan rings is 1. The van der Waals surface area contributed by atoms with Crippen LogP contribution in [0.3, 0.4) is 0 Å². The van der Waals surface area contributed by atoms with E-state index >= 15 is 0 Å². The molecule has 0 amide bonds. The Bertz CT molecular complexity index is 1070. The van der Waals surface area contributed by atoms with E-state index in [9.17, 15) is 0 Å². The molecule has 5 heteroatoms. The predicted molar refractivity (Wildman–Crippen MR) is 101 cm³/mol. The summed E-state index contributed by atoms with van der Waals surface area (Å²) in [5, 5.41) is 3.69. The molecule has 129 valence electrons. The van der Waals surface area contributed by atoms with Gasteiger partial charge in [0.2, 0.25) is 0 Å². The van der Waals surface area contributed by atoms with Gasteiger partial charge in [-0.1, -0.05) is 42.2 Å². The van der Waals surface area contributed by atoms with E-state index < -0.39 is 8.07 Å². The van der Waals surface area contributed by atoms with E-state index in [0.717, 1.165) is 33.4 Å². The van der Waals surface area contributed by atoms with Gasteiger partial charge in [0.15, 0.2) is 0 Å². The summed E-state index contributed by atoms with van der Waals surface area (Å²) in [6, 6.07) is 11.7. The van der Waals surface area contributed by atoms with Crippen LogP contribution in [0.1, 0.15) is 5.56 Å². The van der Waals surface area contributed by atoms with E-state index in [4.69, 9.17) is 4.42 Å². The molecule has 3 nitrogen and oxygen atoms in total. The van der Waals surface area contributed by atoms with E-state index in [2.05, 4.69) is 54.7 Å². The summed E-state index contributed by atoms with van der Waals surface area (Å²) in [6.07, 6.45) is 5.44. The van der Waals surface area contributed by atoms with Crippen molar-refractivity contribution < 1.29 is 24.5 Å². The standard InChI is InChI=1S/C20H19N2OSi.Ir/c1-13-6-5-10-22-19(13)15-7-8-17(24(2,3)4)18-14-9-11-21-12-16(14)23-20(15)18;/h5-6,8-12H,1-4H3;/q-1;. The normalized spacial score (nSPS) is 11.7. The van der Waals surface area contributed by atoms with E-state index in [1.807, 2.05) is 24.5 Å². The van der Waals surface area contributed by atoms with Gasteiger partial charge in [-0.05, 0) is 24.8 Å². The van der Waals surface area contributed by atoms with Crippen LogP contribution < -0.4 is 5.19 Å². The van der Waals surface area contributed by atoms with Crippen molar-refractivity contribution >= 4 is 35.2 Å². The Morgan fingerprint density at radius 3 is 2.64 bits per heavy atom. The molecular weight excluding hydrogens is 505 g/mol. The maximum atomic E-state index is 6.22. The maximum absolute atomic E-state index is 6.22. The van der Waals surface area contributed by atoms with Crippen LogP contribution in [-0.2, 0) is 20.1 Å². The second-order valence-electron chi connectivity index (χ2n) is 7.17. The van der Waals surface area contributed by atoms with Gasteiger partial charge in [-0.2, -0.15) is 0 Å². The van der Waals surface area contributed by atoms with Gasteiger partial charge in [0.1, 0.15) is 5.58 Å². The number of pyridine rings is 2. The van der Waals surface area contributed by atoms with Crippen molar-refractivity contribution in [1.29, 1.82) is 0 Å². The van der Waals surface area contributed by atoms with Crippen LogP contribution in [0.2, 0.25) is 19.6 Å². The Hall–Kier alpha value is -1.81. The Morgan fingerprint density at radius 2 is 1.92 bits per heavy atom. The number of hydrogen-bond acceptors (Lipinski definition) is 3. The summed E-state index contributed by atoms with van der Waals surface area (Å²) >= 11 is 0. The van der Waals surface area contributed by atoms with Crippen LogP contribution in [0.25, 0.3) is 33.2 Å². The zero-order valence-electron chi connectivity index (χ0n) is 14.7. The molecule has 0 bridgehead atoms. The largest absolute Gasteiger partial charge is 0.499 e. The predicted octanol–water partition coefficient (Wildman–Crippen LogP) is 4.69. The van der Waals surface area contributed by atoms with Gasteiger partial charge in [-0.15, -0.1) is 17.3 Å². The third-order valence-electron chi connectivity index (χ3n) is 4.40. The van der Waals surface area contributed by atoms with Gasteiger partial charge in [0.25, 0.3) is 0 Å². The minimum absolute atomic E-state index is 0. The summed E-state index contributed by atoms with van der Waals surface area (Å²) in [5.41, 5.74) is 4.67. The van der Waals surface area contributed by atoms with Gasteiger partial charge in [-0.3, -0.25) is 4.98 Å². The smallest absolute Gasteiger partial charge is 0.139 e. The summed E-state index contributed by atoms with van der Waals surface area (Å²) in [4.78, 5) is 8.78. The molecule has 0 fully saturated rings. The number of rotatable bonds is 2. The molecule has 0 saturated heterocycles. The van der Waals surface area contributed by atoms with E-state index in [1.165, 1.54) is 10.6 Å². The molecule has 3 aromatic heterocycles. The average molecular weight is 524 g/mol. The molecule has 0 saturated carbocycles. The third-order valence-corrected chi connectivity index (χ3v) is 6.41. The van der Waals surface area contributed by atoms with Crippen LogP contribution in [-0.4, -0.2) is 18.0 Å². The van der Waals surface area contributed by atoms with Crippen LogP contribution >= 0.6 is 0 Å². The number of nitrogens with zero attached hydrogens (tertiary/aromatic N) is 2. The molecule has 0 unspecified atom stereocenters. The van der Waals surface area contributed by atoms with Crippen molar-refractivity contribution in [3.63, 3.8) is 0 Å². The molecule has 0 aliphatic heterocycles. The van der Waals surface area contributed by atoms with Crippen molar-refractivity contribution in [3.05, 3.63) is 54.5 Å². The van der Waals surface area contributed by atoms with E-state index in [-0.39, 0.29) is 20.1 Å². The van der Waals surface area contributed by atoms with Gasteiger partial charge < -0.3 is 9.40 Å². The quantitative estimate of drug-likeness (QED) is 0.283. The first kappa shape index (κ1) is 18.0. The molecule has 25 heavy (non-hydrogen) atoms. The Kier molecular flexibility index (Phi) is 4.67. The van der Waals surface area contributed by atoms with Crippen molar-refractivity contribution in [2.45, 2.75) is 26.6 Å². The van der Waals surface area contributed by atoms with Crippen LogP contribution in [0.4, 0.5) is 0 Å². The molecule has 0 aliphatic carbocycles. The number of benzene rings is 1. The average Bonchev–Trinajstić information content (AvgIpc) is 2.93.